The lowest BCUT2D eigenvalue weighted by Crippen LogP contribution is -2.45. The van der Waals surface area contributed by atoms with Crippen molar-refractivity contribution in [1.82, 2.24) is 10.2 Å². The van der Waals surface area contributed by atoms with Gasteiger partial charge in [0, 0.05) is 38.3 Å². The summed E-state index contributed by atoms with van der Waals surface area (Å²) in [7, 11) is 1.53. The molecule has 0 saturated heterocycles. The Balaban J connectivity index is 1.55. The Labute approximate surface area is 171 Å². The number of hydrogen-bond acceptors (Lipinski definition) is 4. The van der Waals surface area contributed by atoms with Crippen LogP contribution < -0.4 is 20.7 Å². The molecule has 1 atom stereocenters. The van der Waals surface area contributed by atoms with Gasteiger partial charge in [0.05, 0.1) is 12.8 Å². The minimum Gasteiger partial charge on any atom is -0.495 e. The Morgan fingerprint density at radius 2 is 1.90 bits per heavy atom. The minimum atomic E-state index is -0.312. The summed E-state index contributed by atoms with van der Waals surface area (Å²) in [4.78, 5) is 26.1. The minimum absolute atomic E-state index is 0.178. The van der Waals surface area contributed by atoms with E-state index < -0.39 is 0 Å². The molecule has 1 aliphatic rings. The first-order valence-electron chi connectivity index (χ1n) is 9.77. The van der Waals surface area contributed by atoms with Crippen molar-refractivity contribution in [2.24, 2.45) is 0 Å². The summed E-state index contributed by atoms with van der Waals surface area (Å²) in [6.45, 7) is 5.96. The fourth-order valence-corrected chi connectivity index (χ4v) is 3.52. The van der Waals surface area contributed by atoms with E-state index >= 15 is 0 Å². The number of nitrogens with zero attached hydrogens (tertiary/aromatic N) is 1. The number of ether oxygens (including phenoxy) is 1. The zero-order valence-corrected chi connectivity index (χ0v) is 17.1. The molecule has 3 rings (SSSR count). The third-order valence-corrected chi connectivity index (χ3v) is 5.11. The lowest BCUT2D eigenvalue weighted by atomic mass is 9.99. The molecule has 1 aliphatic heterocycles. The summed E-state index contributed by atoms with van der Waals surface area (Å²) in [5.74, 6) is 0.345. The van der Waals surface area contributed by atoms with Crippen molar-refractivity contribution < 1.29 is 14.3 Å². The molecule has 0 saturated carbocycles. The van der Waals surface area contributed by atoms with Crippen molar-refractivity contribution in [3.8, 4) is 5.75 Å². The SMILES string of the molecule is COc1ccc(NC(C)=O)cc1NC(=O)NCC(C)N1CCc2ccccc2C1. The fraction of sp³-hybridized carbons (Fsp3) is 0.364. The van der Waals surface area contributed by atoms with Gasteiger partial charge in [0.25, 0.3) is 0 Å². The van der Waals surface area contributed by atoms with E-state index in [2.05, 4.69) is 52.0 Å². The topological polar surface area (TPSA) is 82.7 Å². The molecule has 2 aromatic rings. The summed E-state index contributed by atoms with van der Waals surface area (Å²) in [6, 6.07) is 13.5. The van der Waals surface area contributed by atoms with Gasteiger partial charge in [0.15, 0.2) is 0 Å². The van der Waals surface area contributed by atoms with Crippen molar-refractivity contribution in [3.05, 3.63) is 53.6 Å². The van der Waals surface area contributed by atoms with Crippen LogP contribution in [0.4, 0.5) is 16.2 Å². The van der Waals surface area contributed by atoms with Crippen molar-refractivity contribution in [2.75, 3.05) is 30.8 Å². The number of carbonyl (C=O) groups excluding carboxylic acids is 2. The predicted molar refractivity (Wildman–Crippen MR) is 114 cm³/mol. The number of urea groups is 1. The van der Waals surface area contributed by atoms with Crippen molar-refractivity contribution in [1.29, 1.82) is 0 Å². The summed E-state index contributed by atoms with van der Waals surface area (Å²) >= 11 is 0. The smallest absolute Gasteiger partial charge is 0.319 e. The predicted octanol–water partition coefficient (Wildman–Crippen LogP) is 3.22. The Kier molecular flexibility index (Phi) is 6.72. The van der Waals surface area contributed by atoms with E-state index in [-0.39, 0.29) is 18.0 Å². The number of fused-ring (bicyclic) bond motifs is 1. The quantitative estimate of drug-likeness (QED) is 0.700. The third-order valence-electron chi connectivity index (χ3n) is 5.11. The molecule has 1 unspecified atom stereocenters. The molecule has 3 amide bonds. The third kappa shape index (κ3) is 5.48. The highest BCUT2D eigenvalue weighted by Gasteiger charge is 2.20. The Morgan fingerprint density at radius 3 is 2.62 bits per heavy atom. The lowest BCUT2D eigenvalue weighted by molar-refractivity contribution is -0.114. The highest BCUT2D eigenvalue weighted by molar-refractivity contribution is 5.94. The summed E-state index contributed by atoms with van der Waals surface area (Å²) in [6.07, 6.45) is 1.03. The number of methoxy groups -OCH3 is 1. The van der Waals surface area contributed by atoms with Crippen molar-refractivity contribution >= 4 is 23.3 Å². The first-order valence-corrected chi connectivity index (χ1v) is 9.77. The van der Waals surface area contributed by atoms with Crippen LogP contribution in [0.1, 0.15) is 25.0 Å². The number of nitrogens with one attached hydrogen (secondary N) is 3. The molecule has 7 heteroatoms. The second-order valence-corrected chi connectivity index (χ2v) is 7.27. The second kappa shape index (κ2) is 9.43. The molecule has 154 valence electrons. The van der Waals surface area contributed by atoms with Crippen LogP contribution in [0.3, 0.4) is 0 Å². The summed E-state index contributed by atoms with van der Waals surface area (Å²) in [5.41, 5.74) is 3.85. The van der Waals surface area contributed by atoms with Gasteiger partial charge in [-0.15, -0.1) is 0 Å². The van der Waals surface area contributed by atoms with E-state index in [0.717, 1.165) is 19.5 Å². The largest absolute Gasteiger partial charge is 0.495 e. The molecule has 29 heavy (non-hydrogen) atoms. The van der Waals surface area contributed by atoms with E-state index in [9.17, 15) is 9.59 Å². The van der Waals surface area contributed by atoms with Gasteiger partial charge < -0.3 is 20.7 Å². The average Bonchev–Trinajstić information content (AvgIpc) is 2.71. The number of hydrogen-bond donors (Lipinski definition) is 3. The molecule has 0 aliphatic carbocycles. The van der Waals surface area contributed by atoms with Gasteiger partial charge in [-0.05, 0) is 42.7 Å². The zero-order valence-electron chi connectivity index (χ0n) is 17.1. The standard InChI is InChI=1S/C22H28N4O3/c1-15(26-11-10-17-6-4-5-7-18(17)14-26)13-23-22(28)25-20-12-19(24-16(2)27)8-9-21(20)29-3/h4-9,12,15H,10-11,13-14H2,1-3H3,(H,24,27)(H2,23,25,28). The lowest BCUT2D eigenvalue weighted by Gasteiger charge is -2.33. The molecule has 1 heterocycles. The molecule has 0 spiro atoms. The number of amides is 3. The maximum Gasteiger partial charge on any atom is 0.319 e. The summed E-state index contributed by atoms with van der Waals surface area (Å²) < 4.78 is 5.30. The van der Waals surface area contributed by atoms with Gasteiger partial charge >= 0.3 is 6.03 Å². The van der Waals surface area contributed by atoms with Crippen LogP contribution in [0.5, 0.6) is 5.75 Å². The first kappa shape index (κ1) is 20.7. The molecule has 2 aromatic carbocycles. The highest BCUT2D eigenvalue weighted by atomic mass is 16.5. The number of carbonyl (C=O) groups is 2. The molecule has 3 N–H and O–H groups in total. The van der Waals surface area contributed by atoms with Gasteiger partial charge in [0.1, 0.15) is 5.75 Å². The number of rotatable bonds is 6. The van der Waals surface area contributed by atoms with Crippen LogP contribution in [0.15, 0.2) is 42.5 Å². The van der Waals surface area contributed by atoms with Crippen LogP contribution in [-0.4, -0.2) is 43.1 Å². The molecule has 0 bridgehead atoms. The summed E-state index contributed by atoms with van der Waals surface area (Å²) in [5, 5.41) is 8.43. The molecule has 0 radical (unpaired) electrons. The van der Waals surface area contributed by atoms with Crippen LogP contribution in [-0.2, 0) is 17.8 Å². The molecular formula is C22H28N4O3. The van der Waals surface area contributed by atoms with E-state index in [1.807, 2.05) is 0 Å². The van der Waals surface area contributed by atoms with Gasteiger partial charge in [0.2, 0.25) is 5.91 Å². The maximum atomic E-state index is 12.4. The van der Waals surface area contributed by atoms with Gasteiger partial charge in [-0.3, -0.25) is 9.69 Å². The van der Waals surface area contributed by atoms with Crippen LogP contribution in [0.2, 0.25) is 0 Å². The Hall–Kier alpha value is -3.06. The number of anilines is 2. The van der Waals surface area contributed by atoms with Crippen molar-refractivity contribution in [2.45, 2.75) is 32.9 Å². The average molecular weight is 396 g/mol. The Bertz CT molecular complexity index is 884. The van der Waals surface area contributed by atoms with E-state index in [0.29, 0.717) is 23.7 Å². The molecule has 0 fully saturated rings. The van der Waals surface area contributed by atoms with Gasteiger partial charge in [-0.1, -0.05) is 24.3 Å². The van der Waals surface area contributed by atoms with Crippen LogP contribution >= 0.6 is 0 Å². The molecule has 0 aromatic heterocycles. The van der Waals surface area contributed by atoms with E-state index in [4.69, 9.17) is 4.74 Å². The van der Waals surface area contributed by atoms with E-state index in [1.165, 1.54) is 25.2 Å². The fourth-order valence-electron chi connectivity index (χ4n) is 3.52. The maximum absolute atomic E-state index is 12.4. The number of benzene rings is 2. The van der Waals surface area contributed by atoms with Gasteiger partial charge in [-0.25, -0.2) is 4.79 Å². The van der Waals surface area contributed by atoms with Crippen LogP contribution in [0.25, 0.3) is 0 Å². The van der Waals surface area contributed by atoms with E-state index in [1.54, 1.807) is 18.2 Å². The molecule has 7 nitrogen and oxygen atoms in total. The second-order valence-electron chi connectivity index (χ2n) is 7.27. The van der Waals surface area contributed by atoms with Crippen molar-refractivity contribution in [3.63, 3.8) is 0 Å². The Morgan fingerprint density at radius 1 is 1.14 bits per heavy atom. The zero-order chi connectivity index (χ0) is 20.8. The first-order chi connectivity index (χ1) is 14.0. The highest BCUT2D eigenvalue weighted by Crippen LogP contribution is 2.27. The van der Waals surface area contributed by atoms with Gasteiger partial charge in [-0.2, -0.15) is 0 Å². The normalized spacial score (nSPS) is 14.4. The van der Waals surface area contributed by atoms with Crippen LogP contribution in [0, 0.1) is 0 Å². The molecular weight excluding hydrogens is 368 g/mol. The monoisotopic (exact) mass is 396 g/mol.